The Hall–Kier alpha value is -2.97. The lowest BCUT2D eigenvalue weighted by atomic mass is 10.1. The van der Waals surface area contributed by atoms with Crippen LogP contribution in [0.15, 0.2) is 51.9 Å². The molecular formula is C23H27N3O4S. The molecule has 3 rings (SSSR count). The summed E-state index contributed by atoms with van der Waals surface area (Å²) in [5.41, 5.74) is 4.37. The largest absolute Gasteiger partial charge is 0.441 e. The normalized spacial score (nSPS) is 11.7. The van der Waals surface area contributed by atoms with Crippen LogP contribution in [-0.4, -0.2) is 37.7 Å². The lowest BCUT2D eigenvalue weighted by Gasteiger charge is -2.15. The second-order valence-electron chi connectivity index (χ2n) is 7.73. The average molecular weight is 442 g/mol. The number of sulfonamides is 1. The van der Waals surface area contributed by atoms with Gasteiger partial charge in [-0.05, 0) is 55.7 Å². The Morgan fingerprint density at radius 1 is 1.03 bits per heavy atom. The number of hydrogen-bond acceptors (Lipinski definition) is 5. The Morgan fingerprint density at radius 2 is 1.74 bits per heavy atom. The topological polar surface area (TPSA) is 92.5 Å². The van der Waals surface area contributed by atoms with Crippen molar-refractivity contribution in [2.45, 2.75) is 38.5 Å². The first kappa shape index (κ1) is 22.7. The number of rotatable bonds is 7. The zero-order chi connectivity index (χ0) is 22.8. The molecule has 164 valence electrons. The van der Waals surface area contributed by atoms with E-state index >= 15 is 0 Å². The summed E-state index contributed by atoms with van der Waals surface area (Å²) in [6.07, 6.45) is 2.16. The number of nitrogens with one attached hydrogen (secondary N) is 1. The van der Waals surface area contributed by atoms with Crippen molar-refractivity contribution in [3.63, 3.8) is 0 Å². The van der Waals surface area contributed by atoms with Crippen LogP contribution in [0.5, 0.6) is 0 Å². The maximum absolute atomic E-state index is 12.5. The monoisotopic (exact) mass is 441 g/mol. The number of carbonyl (C=O) groups excluding carboxylic acids is 1. The Morgan fingerprint density at radius 3 is 2.42 bits per heavy atom. The fourth-order valence-electron chi connectivity index (χ4n) is 3.05. The molecule has 8 heteroatoms. The van der Waals surface area contributed by atoms with Crippen LogP contribution in [-0.2, 0) is 21.2 Å². The number of carbonyl (C=O) groups is 1. The molecule has 3 aromatic rings. The summed E-state index contributed by atoms with van der Waals surface area (Å²) in [6.45, 7) is 5.81. The van der Waals surface area contributed by atoms with Gasteiger partial charge >= 0.3 is 0 Å². The molecule has 0 saturated heterocycles. The van der Waals surface area contributed by atoms with Crippen LogP contribution in [0.2, 0.25) is 0 Å². The maximum atomic E-state index is 12.5. The van der Waals surface area contributed by atoms with E-state index in [2.05, 4.69) is 17.2 Å². The van der Waals surface area contributed by atoms with E-state index in [-0.39, 0.29) is 17.2 Å². The second kappa shape index (κ2) is 9.03. The third-order valence-corrected chi connectivity index (χ3v) is 7.10. The molecule has 1 heterocycles. The summed E-state index contributed by atoms with van der Waals surface area (Å²) in [7, 11) is -0.644. The summed E-state index contributed by atoms with van der Waals surface area (Å²) < 4.78 is 31.9. The maximum Gasteiger partial charge on any atom is 0.242 e. The van der Waals surface area contributed by atoms with E-state index in [0.717, 1.165) is 9.87 Å². The number of amides is 1. The number of aryl methyl sites for hydroxylation is 4. The van der Waals surface area contributed by atoms with Crippen molar-refractivity contribution in [1.29, 1.82) is 0 Å². The highest BCUT2D eigenvalue weighted by Crippen LogP contribution is 2.24. The third kappa shape index (κ3) is 5.21. The Bertz CT molecular complexity index is 1210. The van der Waals surface area contributed by atoms with E-state index in [4.69, 9.17) is 4.42 Å². The van der Waals surface area contributed by atoms with Gasteiger partial charge in [0.05, 0.1) is 11.1 Å². The van der Waals surface area contributed by atoms with Crippen LogP contribution < -0.4 is 5.32 Å². The molecule has 31 heavy (non-hydrogen) atoms. The minimum Gasteiger partial charge on any atom is -0.441 e. The molecule has 2 aromatic carbocycles. The fraction of sp³-hybridized carbons (Fsp3) is 0.304. The molecule has 0 aliphatic rings. The van der Waals surface area contributed by atoms with E-state index in [1.165, 1.54) is 31.3 Å². The lowest BCUT2D eigenvalue weighted by molar-refractivity contribution is -0.116. The lowest BCUT2D eigenvalue weighted by Crippen LogP contribution is -2.23. The molecule has 7 nitrogen and oxygen atoms in total. The number of hydrogen-bond donors (Lipinski definition) is 1. The van der Waals surface area contributed by atoms with Gasteiger partial charge in [0.2, 0.25) is 15.9 Å². The van der Waals surface area contributed by atoms with Crippen molar-refractivity contribution in [2.75, 3.05) is 19.4 Å². The van der Waals surface area contributed by atoms with Gasteiger partial charge in [-0.1, -0.05) is 18.2 Å². The highest BCUT2D eigenvalue weighted by atomic mass is 32.2. The van der Waals surface area contributed by atoms with Crippen molar-refractivity contribution >= 4 is 21.6 Å². The van der Waals surface area contributed by atoms with Crippen LogP contribution in [0.4, 0.5) is 5.69 Å². The van der Waals surface area contributed by atoms with Gasteiger partial charge in [-0.25, -0.2) is 17.7 Å². The van der Waals surface area contributed by atoms with E-state index in [0.29, 0.717) is 29.3 Å². The van der Waals surface area contributed by atoms with Gasteiger partial charge in [0, 0.05) is 38.2 Å². The van der Waals surface area contributed by atoms with Crippen LogP contribution in [0.3, 0.4) is 0 Å². The van der Waals surface area contributed by atoms with Crippen molar-refractivity contribution in [1.82, 2.24) is 9.29 Å². The Labute approximate surface area is 183 Å². The van der Waals surface area contributed by atoms with Gasteiger partial charge in [-0.15, -0.1) is 0 Å². The van der Waals surface area contributed by atoms with Gasteiger partial charge in [-0.2, -0.15) is 0 Å². The summed E-state index contributed by atoms with van der Waals surface area (Å²) in [5, 5.41) is 2.75. The summed E-state index contributed by atoms with van der Waals surface area (Å²) in [4.78, 5) is 16.8. The number of nitrogens with zero attached hydrogens (tertiary/aromatic N) is 2. The fourth-order valence-corrected chi connectivity index (χ4v) is 4.19. The molecule has 1 N–H and O–H groups in total. The van der Waals surface area contributed by atoms with Gasteiger partial charge < -0.3 is 9.73 Å². The van der Waals surface area contributed by atoms with Crippen LogP contribution in [0.25, 0.3) is 11.3 Å². The number of anilines is 1. The summed E-state index contributed by atoms with van der Waals surface area (Å²) >= 11 is 0. The molecule has 1 amide bonds. The zero-order valence-electron chi connectivity index (χ0n) is 18.4. The smallest absolute Gasteiger partial charge is 0.242 e. The molecule has 0 saturated carbocycles. The van der Waals surface area contributed by atoms with E-state index in [9.17, 15) is 13.2 Å². The quantitative estimate of drug-likeness (QED) is 0.596. The molecule has 0 unspecified atom stereocenters. The minimum atomic E-state index is -3.59. The highest BCUT2D eigenvalue weighted by molar-refractivity contribution is 7.89. The summed E-state index contributed by atoms with van der Waals surface area (Å²) in [5.74, 6) is 0.890. The Balaban J connectivity index is 1.65. The first-order chi connectivity index (χ1) is 14.6. The van der Waals surface area contributed by atoms with E-state index < -0.39 is 10.0 Å². The van der Waals surface area contributed by atoms with Crippen molar-refractivity contribution in [3.8, 4) is 11.3 Å². The van der Waals surface area contributed by atoms with Crippen molar-refractivity contribution in [2.24, 2.45) is 0 Å². The van der Waals surface area contributed by atoms with Crippen LogP contribution >= 0.6 is 0 Å². The minimum absolute atomic E-state index is 0.163. The summed E-state index contributed by atoms with van der Waals surface area (Å²) in [6, 6.07) is 10.9. The zero-order valence-corrected chi connectivity index (χ0v) is 19.2. The molecule has 0 radical (unpaired) electrons. The van der Waals surface area contributed by atoms with Gasteiger partial charge in [0.1, 0.15) is 0 Å². The number of benzene rings is 2. The average Bonchev–Trinajstić information content (AvgIpc) is 3.19. The first-order valence-corrected chi connectivity index (χ1v) is 11.4. The predicted octanol–water partition coefficient (Wildman–Crippen LogP) is 4.09. The second-order valence-corrected chi connectivity index (χ2v) is 9.85. The molecule has 0 aliphatic carbocycles. The Kier molecular flexibility index (Phi) is 6.62. The number of aromatic nitrogens is 1. The van der Waals surface area contributed by atoms with Gasteiger partial charge in [0.25, 0.3) is 0 Å². The molecule has 0 atom stereocenters. The van der Waals surface area contributed by atoms with Crippen LogP contribution in [0.1, 0.15) is 29.0 Å². The van der Waals surface area contributed by atoms with E-state index in [1.807, 2.05) is 25.1 Å². The molecule has 0 spiro atoms. The van der Waals surface area contributed by atoms with Gasteiger partial charge in [0.15, 0.2) is 11.7 Å². The molecule has 1 aromatic heterocycles. The highest BCUT2D eigenvalue weighted by Gasteiger charge is 2.20. The third-order valence-electron chi connectivity index (χ3n) is 5.14. The molecular weight excluding hydrogens is 414 g/mol. The first-order valence-electron chi connectivity index (χ1n) is 9.93. The van der Waals surface area contributed by atoms with Crippen molar-refractivity contribution in [3.05, 3.63) is 65.2 Å². The SMILES string of the molecule is Cc1ccc(-c2cnc(CCC(=O)Nc3ccc(C)c(S(=O)(=O)N(C)C)c3)o2)cc1C. The molecule has 0 bridgehead atoms. The standard InChI is InChI=1S/C23H27N3O4S/c1-15-6-8-18(12-17(15)3)20-14-24-23(30-20)11-10-22(27)25-19-9-7-16(2)21(13-19)31(28,29)26(4)5/h6-9,12-14H,10-11H2,1-5H3,(H,25,27). The number of oxazole rings is 1. The molecule has 0 fully saturated rings. The van der Waals surface area contributed by atoms with E-state index in [1.54, 1.807) is 25.3 Å². The van der Waals surface area contributed by atoms with Gasteiger partial charge in [-0.3, -0.25) is 4.79 Å². The predicted molar refractivity (Wildman–Crippen MR) is 120 cm³/mol. The molecule has 0 aliphatic heterocycles. The van der Waals surface area contributed by atoms with Crippen molar-refractivity contribution < 1.29 is 17.6 Å². The van der Waals surface area contributed by atoms with Crippen LogP contribution in [0, 0.1) is 20.8 Å².